The number of ether oxygens (including phenoxy) is 1. The van der Waals surface area contributed by atoms with Gasteiger partial charge in [-0.2, -0.15) is 0 Å². The summed E-state index contributed by atoms with van der Waals surface area (Å²) in [5, 5.41) is 6.17. The molecule has 0 aromatic heterocycles. The molecule has 2 heterocycles. The van der Waals surface area contributed by atoms with Crippen LogP contribution in [0.3, 0.4) is 0 Å². The van der Waals surface area contributed by atoms with Crippen molar-refractivity contribution >= 4 is 17.8 Å². The number of carbonyl (C=O) groups excluding carboxylic acids is 1. The zero-order chi connectivity index (χ0) is 27.0. The van der Waals surface area contributed by atoms with E-state index in [2.05, 4.69) is 15.5 Å². The molecule has 1 saturated carbocycles. The van der Waals surface area contributed by atoms with Crippen LogP contribution in [0.5, 0.6) is 5.75 Å². The van der Waals surface area contributed by atoms with E-state index >= 15 is 13.2 Å². The number of likely N-dealkylation sites (tertiary alicyclic amines) is 1. The van der Waals surface area contributed by atoms with Gasteiger partial charge in [0.25, 0.3) is 6.47 Å². The molecule has 0 amide bonds. The van der Waals surface area contributed by atoms with Crippen molar-refractivity contribution in [3.05, 3.63) is 52.6 Å². The molecule has 2 atom stereocenters. The van der Waals surface area contributed by atoms with Gasteiger partial charge < -0.3 is 15.4 Å². The fourth-order valence-electron chi connectivity index (χ4n) is 5.82. The molecule has 2 aromatic rings. The summed E-state index contributed by atoms with van der Waals surface area (Å²) in [6.07, 6.45) is 1.75. The number of hydrogen-bond acceptors (Lipinski definition) is 6. The van der Waals surface area contributed by atoms with Gasteiger partial charge in [-0.25, -0.2) is 13.2 Å². The molecule has 1 saturated heterocycles. The highest BCUT2D eigenvalue weighted by Gasteiger charge is 2.49. The van der Waals surface area contributed by atoms with Crippen LogP contribution in [0.4, 0.5) is 28.9 Å². The molecule has 2 aromatic carbocycles. The van der Waals surface area contributed by atoms with Crippen LogP contribution in [0.15, 0.2) is 24.3 Å². The van der Waals surface area contributed by atoms with Crippen molar-refractivity contribution in [3.8, 4) is 5.75 Å². The second-order valence-corrected chi connectivity index (χ2v) is 10.7. The Labute approximate surface area is 220 Å². The van der Waals surface area contributed by atoms with E-state index in [9.17, 15) is 9.18 Å². The van der Waals surface area contributed by atoms with E-state index in [4.69, 9.17) is 4.74 Å². The molecule has 2 fully saturated rings. The fraction of sp³-hybridized carbons (Fsp3) is 0.536. The van der Waals surface area contributed by atoms with E-state index in [1.54, 1.807) is 19.2 Å². The maximum atomic E-state index is 15.8. The van der Waals surface area contributed by atoms with E-state index in [1.807, 2.05) is 11.8 Å². The maximum absolute atomic E-state index is 15.8. The van der Waals surface area contributed by atoms with Gasteiger partial charge in [0.1, 0.15) is 17.3 Å². The lowest BCUT2D eigenvalue weighted by Gasteiger charge is -2.43. The lowest BCUT2D eigenvalue weighted by atomic mass is 9.83. The molecule has 1 aliphatic carbocycles. The van der Waals surface area contributed by atoms with Crippen molar-refractivity contribution in [2.75, 3.05) is 50.5 Å². The van der Waals surface area contributed by atoms with E-state index in [-0.39, 0.29) is 30.9 Å². The number of hydrogen-bond donors (Lipinski definition) is 2. The highest BCUT2D eigenvalue weighted by Crippen LogP contribution is 2.49. The SMILES string of the molecule is CNc1ccc2c(c1OC=O)C[C@@H](C)N(CC1(F)CC1)C2c1c(F)cc(NC2CN(CCCF)C2)cc1F. The lowest BCUT2D eigenvalue weighted by molar-refractivity contribution is -0.120. The number of fused-ring (bicyclic) bond motifs is 1. The molecule has 206 valence electrons. The topological polar surface area (TPSA) is 56.8 Å². The summed E-state index contributed by atoms with van der Waals surface area (Å²) in [5.74, 6) is -1.13. The van der Waals surface area contributed by atoms with Gasteiger partial charge in [0.2, 0.25) is 0 Å². The first-order chi connectivity index (χ1) is 18.3. The third kappa shape index (κ3) is 5.20. The summed E-state index contributed by atoms with van der Waals surface area (Å²) in [5.41, 5.74) is 0.647. The van der Waals surface area contributed by atoms with Crippen LogP contribution in [0.25, 0.3) is 0 Å². The summed E-state index contributed by atoms with van der Waals surface area (Å²) in [6, 6.07) is 4.92. The molecule has 0 spiro atoms. The van der Waals surface area contributed by atoms with Crippen molar-refractivity contribution in [1.82, 2.24) is 9.80 Å². The normalized spacial score (nSPS) is 22.9. The number of anilines is 2. The Bertz CT molecular complexity index is 1160. The van der Waals surface area contributed by atoms with Gasteiger partial charge >= 0.3 is 0 Å². The molecular formula is C28H34F4N4O2. The number of rotatable bonds is 11. The van der Waals surface area contributed by atoms with E-state index in [1.165, 1.54) is 12.1 Å². The molecule has 2 N–H and O–H groups in total. The molecular weight excluding hydrogens is 500 g/mol. The molecule has 38 heavy (non-hydrogen) atoms. The zero-order valence-electron chi connectivity index (χ0n) is 21.7. The van der Waals surface area contributed by atoms with Crippen molar-refractivity contribution in [3.63, 3.8) is 0 Å². The van der Waals surface area contributed by atoms with Crippen LogP contribution in [-0.4, -0.2) is 73.9 Å². The summed E-state index contributed by atoms with van der Waals surface area (Å²) in [7, 11) is 1.70. The number of nitrogens with zero attached hydrogens (tertiary/aromatic N) is 2. The van der Waals surface area contributed by atoms with Crippen molar-refractivity contribution in [1.29, 1.82) is 0 Å². The Hall–Kier alpha value is -2.85. The third-order valence-electron chi connectivity index (χ3n) is 7.97. The van der Waals surface area contributed by atoms with Crippen molar-refractivity contribution in [2.45, 2.75) is 56.4 Å². The quantitative estimate of drug-likeness (QED) is 0.318. The Morgan fingerprint density at radius 3 is 2.50 bits per heavy atom. The van der Waals surface area contributed by atoms with Crippen LogP contribution >= 0.6 is 0 Å². The number of nitrogens with one attached hydrogen (secondary N) is 2. The predicted octanol–water partition coefficient (Wildman–Crippen LogP) is 4.84. The van der Waals surface area contributed by atoms with Crippen LogP contribution in [0.1, 0.15) is 48.9 Å². The lowest BCUT2D eigenvalue weighted by Crippen LogP contribution is -2.54. The molecule has 2 aliphatic heterocycles. The smallest absolute Gasteiger partial charge is 0.298 e. The van der Waals surface area contributed by atoms with E-state index < -0.39 is 23.3 Å². The van der Waals surface area contributed by atoms with Crippen molar-refractivity contribution in [2.24, 2.45) is 0 Å². The molecule has 10 heteroatoms. The summed E-state index contributed by atoms with van der Waals surface area (Å²) in [6.45, 7) is 3.95. The predicted molar refractivity (Wildman–Crippen MR) is 138 cm³/mol. The maximum Gasteiger partial charge on any atom is 0.298 e. The first kappa shape index (κ1) is 26.7. The second kappa shape index (κ2) is 10.7. The molecule has 1 unspecified atom stereocenters. The van der Waals surface area contributed by atoms with Crippen LogP contribution < -0.4 is 15.4 Å². The first-order valence-corrected chi connectivity index (χ1v) is 13.2. The van der Waals surface area contributed by atoms with Gasteiger partial charge in [-0.1, -0.05) is 6.07 Å². The van der Waals surface area contributed by atoms with Gasteiger partial charge in [0.15, 0.2) is 5.75 Å². The molecule has 5 rings (SSSR count). The van der Waals surface area contributed by atoms with Gasteiger partial charge in [-0.3, -0.25) is 19.0 Å². The van der Waals surface area contributed by atoms with Gasteiger partial charge in [0, 0.05) is 56.1 Å². The van der Waals surface area contributed by atoms with Crippen LogP contribution in [0, 0.1) is 11.6 Å². The fourth-order valence-corrected chi connectivity index (χ4v) is 5.82. The number of carbonyl (C=O) groups is 1. The number of benzene rings is 2. The minimum Gasteiger partial charge on any atom is -0.426 e. The molecule has 6 nitrogen and oxygen atoms in total. The molecule has 3 aliphatic rings. The minimum absolute atomic E-state index is 0.0236. The molecule has 0 bridgehead atoms. The number of halogens is 4. The first-order valence-electron chi connectivity index (χ1n) is 13.2. The minimum atomic E-state index is -1.37. The van der Waals surface area contributed by atoms with Gasteiger partial charge in [-0.15, -0.1) is 0 Å². The highest BCUT2D eigenvalue weighted by atomic mass is 19.1. The standard InChI is InChI=1S/C28H34F4N4O2/c1-17-10-21-20(4-5-24(33-2)27(21)38-16-37)26(36(17)15-28(32)6-7-28)25-22(30)11-18(12-23(25)31)34-19-13-35(14-19)9-3-8-29/h4-5,11-12,16-17,19,26,33-34H,3,6-10,13-15H2,1-2H3/t17-,26?/m1/s1. The van der Waals surface area contributed by atoms with Crippen LogP contribution in [-0.2, 0) is 11.2 Å². The summed E-state index contributed by atoms with van der Waals surface area (Å²) < 4.78 is 64.4. The zero-order valence-corrected chi connectivity index (χ0v) is 21.7. The van der Waals surface area contributed by atoms with E-state index in [0.717, 1.165) is 0 Å². The van der Waals surface area contributed by atoms with Crippen LogP contribution in [0.2, 0.25) is 0 Å². The Kier molecular flexibility index (Phi) is 7.55. The third-order valence-corrected chi connectivity index (χ3v) is 7.97. The monoisotopic (exact) mass is 534 g/mol. The largest absolute Gasteiger partial charge is 0.426 e. The Morgan fingerprint density at radius 2 is 1.89 bits per heavy atom. The second-order valence-electron chi connectivity index (χ2n) is 10.7. The average Bonchev–Trinajstić information content (AvgIpc) is 3.59. The summed E-state index contributed by atoms with van der Waals surface area (Å²) >= 11 is 0. The van der Waals surface area contributed by atoms with Gasteiger partial charge in [0.05, 0.1) is 24.4 Å². The highest BCUT2D eigenvalue weighted by molar-refractivity contribution is 5.67. The average molecular weight is 535 g/mol. The Morgan fingerprint density at radius 1 is 1.18 bits per heavy atom. The van der Waals surface area contributed by atoms with Gasteiger partial charge in [-0.05, 0) is 56.4 Å². The van der Waals surface area contributed by atoms with Crippen molar-refractivity contribution < 1.29 is 27.1 Å². The molecule has 0 radical (unpaired) electrons. The Balaban J connectivity index is 1.50. The summed E-state index contributed by atoms with van der Waals surface area (Å²) in [4.78, 5) is 15.2. The van der Waals surface area contributed by atoms with E-state index in [0.29, 0.717) is 80.0 Å². The number of alkyl halides is 2.